The van der Waals surface area contributed by atoms with Crippen LogP contribution in [0.25, 0.3) is 0 Å². The molecule has 0 amide bonds. The summed E-state index contributed by atoms with van der Waals surface area (Å²) >= 11 is 0. The molecule has 3 heteroatoms. The van der Waals surface area contributed by atoms with Gasteiger partial charge in [0.1, 0.15) is 0 Å². The van der Waals surface area contributed by atoms with Crippen LogP contribution in [0.3, 0.4) is 0 Å². The minimum absolute atomic E-state index is 0.162. The Labute approximate surface area is 113 Å². The molecule has 0 aliphatic carbocycles. The highest BCUT2D eigenvalue weighted by molar-refractivity contribution is 5.98. The fourth-order valence-corrected chi connectivity index (χ4v) is 2.07. The molecular weight excluding hydrogens is 236 g/mol. The van der Waals surface area contributed by atoms with Gasteiger partial charge in [0.15, 0.2) is 5.78 Å². The third kappa shape index (κ3) is 3.73. The molecule has 3 nitrogen and oxygen atoms in total. The Bertz CT molecular complexity index is 552. The van der Waals surface area contributed by atoms with Crippen LogP contribution in [0.4, 0.5) is 0 Å². The van der Waals surface area contributed by atoms with E-state index in [1.165, 1.54) is 0 Å². The molecule has 0 fully saturated rings. The summed E-state index contributed by atoms with van der Waals surface area (Å²) in [4.78, 5) is 18.2. The summed E-state index contributed by atoms with van der Waals surface area (Å²) in [6.45, 7) is 3.14. The Kier molecular flexibility index (Phi) is 4.42. The monoisotopic (exact) mass is 254 g/mol. The molecule has 0 bridgehead atoms. The number of carbonyl (C=O) groups excluding carboxylic acids is 1. The van der Waals surface area contributed by atoms with Crippen LogP contribution in [-0.2, 0) is 6.54 Å². The second-order valence-electron chi connectivity index (χ2n) is 4.77. The van der Waals surface area contributed by atoms with Crippen molar-refractivity contribution in [3.63, 3.8) is 0 Å². The Balaban J connectivity index is 1.98. The van der Waals surface area contributed by atoms with E-state index in [4.69, 9.17) is 0 Å². The summed E-state index contributed by atoms with van der Waals surface area (Å²) < 4.78 is 0. The van der Waals surface area contributed by atoms with Gasteiger partial charge in [-0.25, -0.2) is 0 Å². The van der Waals surface area contributed by atoms with Gasteiger partial charge < -0.3 is 0 Å². The zero-order valence-corrected chi connectivity index (χ0v) is 11.3. The number of nitrogens with zero attached hydrogens (tertiary/aromatic N) is 2. The van der Waals surface area contributed by atoms with Crippen molar-refractivity contribution in [3.8, 4) is 0 Å². The number of aromatic nitrogens is 1. The number of hydrogen-bond donors (Lipinski definition) is 0. The Morgan fingerprint density at radius 2 is 1.84 bits per heavy atom. The van der Waals surface area contributed by atoms with Crippen molar-refractivity contribution in [2.24, 2.45) is 0 Å². The van der Waals surface area contributed by atoms with E-state index in [1.54, 1.807) is 12.4 Å². The number of pyridine rings is 1. The van der Waals surface area contributed by atoms with Crippen molar-refractivity contribution in [2.45, 2.75) is 13.5 Å². The van der Waals surface area contributed by atoms with E-state index in [-0.39, 0.29) is 5.78 Å². The van der Waals surface area contributed by atoms with Gasteiger partial charge in [-0.1, -0.05) is 24.3 Å². The first-order valence-electron chi connectivity index (χ1n) is 6.33. The predicted molar refractivity (Wildman–Crippen MR) is 76.1 cm³/mol. The quantitative estimate of drug-likeness (QED) is 0.769. The van der Waals surface area contributed by atoms with Crippen LogP contribution < -0.4 is 0 Å². The van der Waals surface area contributed by atoms with Gasteiger partial charge >= 0.3 is 0 Å². The van der Waals surface area contributed by atoms with Crippen LogP contribution in [0.1, 0.15) is 21.5 Å². The van der Waals surface area contributed by atoms with Gasteiger partial charge in [0.25, 0.3) is 0 Å². The predicted octanol–water partition coefficient (Wildman–Crippen LogP) is 2.70. The molecule has 0 saturated heterocycles. The zero-order valence-electron chi connectivity index (χ0n) is 11.3. The third-order valence-electron chi connectivity index (χ3n) is 3.06. The molecule has 0 aliphatic rings. The van der Waals surface area contributed by atoms with E-state index in [0.717, 1.165) is 23.2 Å². The second-order valence-corrected chi connectivity index (χ2v) is 4.77. The number of ketones is 1. The molecule has 0 saturated carbocycles. The van der Waals surface area contributed by atoms with Gasteiger partial charge in [0.05, 0.1) is 6.54 Å². The number of benzene rings is 1. The van der Waals surface area contributed by atoms with Crippen molar-refractivity contribution in [1.29, 1.82) is 0 Å². The Hall–Kier alpha value is -2.00. The molecule has 0 spiro atoms. The van der Waals surface area contributed by atoms with E-state index in [0.29, 0.717) is 6.54 Å². The average molecular weight is 254 g/mol. The van der Waals surface area contributed by atoms with Crippen LogP contribution in [0.5, 0.6) is 0 Å². The maximum absolute atomic E-state index is 12.2. The van der Waals surface area contributed by atoms with Crippen molar-refractivity contribution in [2.75, 3.05) is 13.6 Å². The molecule has 0 unspecified atom stereocenters. The lowest BCUT2D eigenvalue weighted by atomic mass is 10.0. The first-order valence-corrected chi connectivity index (χ1v) is 6.33. The SMILES string of the molecule is Cc1ccccc1C(=O)CN(C)Cc1ccncc1. The number of Topliss-reactive ketones (excluding diaryl/α,β-unsaturated/α-hetero) is 1. The summed E-state index contributed by atoms with van der Waals surface area (Å²) in [6.07, 6.45) is 3.54. The van der Waals surface area contributed by atoms with Crippen LogP contribution >= 0.6 is 0 Å². The topological polar surface area (TPSA) is 33.2 Å². The molecule has 2 aromatic rings. The fourth-order valence-electron chi connectivity index (χ4n) is 2.07. The van der Waals surface area contributed by atoms with E-state index in [2.05, 4.69) is 4.98 Å². The summed E-state index contributed by atoms with van der Waals surface area (Å²) in [6, 6.07) is 11.6. The molecule has 98 valence electrons. The second kappa shape index (κ2) is 6.25. The van der Waals surface area contributed by atoms with Gasteiger partial charge in [-0.15, -0.1) is 0 Å². The van der Waals surface area contributed by atoms with Crippen molar-refractivity contribution in [1.82, 2.24) is 9.88 Å². The van der Waals surface area contributed by atoms with Gasteiger partial charge in [-0.05, 0) is 37.2 Å². The number of aryl methyl sites for hydroxylation is 1. The molecule has 1 heterocycles. The zero-order chi connectivity index (χ0) is 13.7. The van der Waals surface area contributed by atoms with Gasteiger partial charge in [0.2, 0.25) is 0 Å². The van der Waals surface area contributed by atoms with E-state index in [9.17, 15) is 4.79 Å². The largest absolute Gasteiger partial charge is 0.295 e. The highest BCUT2D eigenvalue weighted by Crippen LogP contribution is 2.09. The maximum Gasteiger partial charge on any atom is 0.177 e. The smallest absolute Gasteiger partial charge is 0.177 e. The molecule has 0 N–H and O–H groups in total. The summed E-state index contributed by atoms with van der Waals surface area (Å²) in [7, 11) is 1.95. The molecule has 0 aliphatic heterocycles. The summed E-state index contributed by atoms with van der Waals surface area (Å²) in [5, 5.41) is 0. The molecule has 1 aromatic carbocycles. The first-order chi connectivity index (χ1) is 9.16. The molecule has 1 aromatic heterocycles. The van der Waals surface area contributed by atoms with Crippen LogP contribution in [0.15, 0.2) is 48.8 Å². The fraction of sp³-hybridized carbons (Fsp3) is 0.250. The van der Waals surface area contributed by atoms with Gasteiger partial charge in [-0.2, -0.15) is 0 Å². The Morgan fingerprint density at radius 3 is 2.53 bits per heavy atom. The summed E-state index contributed by atoms with van der Waals surface area (Å²) in [5.74, 6) is 0.162. The molecule has 0 radical (unpaired) electrons. The Morgan fingerprint density at radius 1 is 1.16 bits per heavy atom. The van der Waals surface area contributed by atoms with Crippen LogP contribution in [0, 0.1) is 6.92 Å². The molecule has 2 rings (SSSR count). The van der Waals surface area contributed by atoms with E-state index < -0.39 is 0 Å². The number of likely N-dealkylation sites (N-methyl/N-ethyl adjacent to an activating group) is 1. The third-order valence-corrected chi connectivity index (χ3v) is 3.06. The van der Waals surface area contributed by atoms with E-state index >= 15 is 0 Å². The van der Waals surface area contributed by atoms with Gasteiger partial charge in [-0.3, -0.25) is 14.7 Å². The van der Waals surface area contributed by atoms with Crippen LogP contribution in [0.2, 0.25) is 0 Å². The van der Waals surface area contributed by atoms with Crippen molar-refractivity contribution in [3.05, 3.63) is 65.5 Å². The number of hydrogen-bond acceptors (Lipinski definition) is 3. The summed E-state index contributed by atoms with van der Waals surface area (Å²) in [5.41, 5.74) is 3.00. The highest BCUT2D eigenvalue weighted by Gasteiger charge is 2.11. The minimum atomic E-state index is 0.162. The van der Waals surface area contributed by atoms with Crippen LogP contribution in [-0.4, -0.2) is 29.3 Å². The number of carbonyl (C=O) groups is 1. The lowest BCUT2D eigenvalue weighted by molar-refractivity contribution is 0.0942. The normalized spacial score (nSPS) is 10.7. The average Bonchev–Trinajstić information content (AvgIpc) is 2.40. The minimum Gasteiger partial charge on any atom is -0.295 e. The lowest BCUT2D eigenvalue weighted by Gasteiger charge is -2.16. The standard InChI is InChI=1S/C16H18N2O/c1-13-5-3-4-6-15(13)16(19)12-18(2)11-14-7-9-17-10-8-14/h3-10H,11-12H2,1-2H3. The number of rotatable bonds is 5. The van der Waals surface area contributed by atoms with Crippen molar-refractivity contribution >= 4 is 5.78 Å². The molecule has 0 atom stereocenters. The lowest BCUT2D eigenvalue weighted by Crippen LogP contribution is -2.26. The maximum atomic E-state index is 12.2. The van der Waals surface area contributed by atoms with E-state index in [1.807, 2.05) is 55.3 Å². The molecular formula is C16H18N2O. The van der Waals surface area contributed by atoms with Crippen molar-refractivity contribution < 1.29 is 4.79 Å². The molecule has 19 heavy (non-hydrogen) atoms. The van der Waals surface area contributed by atoms with Gasteiger partial charge in [0, 0.05) is 24.5 Å². The highest BCUT2D eigenvalue weighted by atomic mass is 16.1. The first kappa shape index (κ1) is 13.4.